The van der Waals surface area contributed by atoms with E-state index in [1.54, 1.807) is 54.2 Å². The number of piperidine rings is 1. The first-order valence-electron chi connectivity index (χ1n) is 8.35. The van der Waals surface area contributed by atoms with Crippen molar-refractivity contribution in [1.29, 1.82) is 5.26 Å². The molecule has 138 valence electrons. The maximum absolute atomic E-state index is 12.7. The fourth-order valence-corrected chi connectivity index (χ4v) is 4.00. The smallest absolute Gasteiger partial charge is 0.235 e. The van der Waals surface area contributed by atoms with E-state index in [4.69, 9.17) is 5.73 Å². The van der Waals surface area contributed by atoms with Crippen LogP contribution in [0.2, 0.25) is 0 Å². The largest absolute Gasteiger partial charge is 0.369 e. The molecule has 1 fully saturated rings. The van der Waals surface area contributed by atoms with Crippen LogP contribution in [0.3, 0.4) is 0 Å². The molecule has 27 heavy (non-hydrogen) atoms. The third kappa shape index (κ3) is 3.29. The second-order valence-electron chi connectivity index (χ2n) is 6.41. The number of nitrogens with zero attached hydrogens (tertiary/aromatic N) is 1. The topological polar surface area (TPSA) is 116 Å². The Kier molecular flexibility index (Phi) is 5.22. The summed E-state index contributed by atoms with van der Waals surface area (Å²) < 4.78 is 0. The van der Waals surface area contributed by atoms with Gasteiger partial charge in [-0.3, -0.25) is 9.59 Å². The van der Waals surface area contributed by atoms with Gasteiger partial charge in [0.05, 0.1) is 6.07 Å². The van der Waals surface area contributed by atoms with Crippen molar-refractivity contribution in [3.05, 3.63) is 65.7 Å². The summed E-state index contributed by atoms with van der Waals surface area (Å²) in [5.41, 5.74) is 4.54. The van der Waals surface area contributed by atoms with Crippen molar-refractivity contribution in [2.24, 2.45) is 17.6 Å². The Labute approximate surface area is 161 Å². The monoisotopic (exact) mass is 381 g/mol. The molecule has 2 aromatic carbocycles. The number of hydrogen-bond acceptors (Lipinski definition) is 5. The van der Waals surface area contributed by atoms with E-state index in [0.717, 1.165) is 4.90 Å². The number of amides is 2. The fourth-order valence-electron chi connectivity index (χ4n) is 3.59. The van der Waals surface area contributed by atoms with Gasteiger partial charge in [0.15, 0.2) is 5.72 Å². The van der Waals surface area contributed by atoms with Gasteiger partial charge in [0.25, 0.3) is 0 Å². The minimum Gasteiger partial charge on any atom is -0.369 e. The highest BCUT2D eigenvalue weighted by atomic mass is 32.2. The molecule has 6 nitrogen and oxygen atoms in total. The summed E-state index contributed by atoms with van der Waals surface area (Å²) in [6.45, 7) is 0. The number of nitrogens with one attached hydrogen (secondary N) is 1. The van der Waals surface area contributed by atoms with Gasteiger partial charge in [-0.05, 0) is 24.0 Å². The number of aliphatic hydroxyl groups is 1. The average molecular weight is 381 g/mol. The zero-order valence-electron chi connectivity index (χ0n) is 14.6. The lowest BCUT2D eigenvalue weighted by Gasteiger charge is -2.44. The number of nitrogens with two attached hydrogens (primary N) is 1. The molecule has 3 rings (SSSR count). The number of carbonyl (C=O) groups excluding carboxylic acids is 2. The van der Waals surface area contributed by atoms with Gasteiger partial charge in [0.1, 0.15) is 11.8 Å². The minimum absolute atomic E-state index is 0.374. The van der Waals surface area contributed by atoms with E-state index in [0.29, 0.717) is 11.1 Å². The van der Waals surface area contributed by atoms with Gasteiger partial charge >= 0.3 is 0 Å². The van der Waals surface area contributed by atoms with Crippen molar-refractivity contribution in [3.63, 3.8) is 0 Å². The summed E-state index contributed by atoms with van der Waals surface area (Å²) in [5.74, 6) is -4.75. The molecule has 4 N–H and O–H groups in total. The van der Waals surface area contributed by atoms with Crippen LogP contribution in [0, 0.1) is 23.2 Å². The van der Waals surface area contributed by atoms with Crippen LogP contribution >= 0.6 is 11.8 Å². The zero-order chi connectivity index (χ0) is 19.6. The van der Waals surface area contributed by atoms with E-state index in [-0.39, 0.29) is 0 Å². The number of hydrogen-bond donors (Lipinski definition) is 3. The molecule has 0 aromatic heterocycles. The van der Waals surface area contributed by atoms with Gasteiger partial charge < -0.3 is 16.2 Å². The van der Waals surface area contributed by atoms with Gasteiger partial charge in [0.2, 0.25) is 11.8 Å². The van der Waals surface area contributed by atoms with Crippen LogP contribution in [-0.2, 0) is 15.3 Å². The molecule has 1 aliphatic heterocycles. The van der Waals surface area contributed by atoms with E-state index in [1.165, 1.54) is 0 Å². The van der Waals surface area contributed by atoms with Crippen molar-refractivity contribution in [3.8, 4) is 6.07 Å². The second-order valence-corrected chi connectivity index (χ2v) is 7.29. The van der Waals surface area contributed by atoms with Crippen LogP contribution in [0.15, 0.2) is 59.5 Å². The molecular formula is C20H19N3O3S. The first-order chi connectivity index (χ1) is 12.9. The number of benzene rings is 2. The quantitative estimate of drug-likeness (QED) is 0.551. The van der Waals surface area contributed by atoms with Crippen LogP contribution in [-0.4, -0.2) is 23.2 Å². The summed E-state index contributed by atoms with van der Waals surface area (Å²) in [5, 5.41) is 23.6. The average Bonchev–Trinajstić information content (AvgIpc) is 2.68. The first kappa shape index (κ1) is 19.0. The molecule has 1 heterocycles. The third-order valence-corrected chi connectivity index (χ3v) is 5.67. The molecule has 0 bridgehead atoms. The highest BCUT2D eigenvalue weighted by Gasteiger charge is 2.55. The van der Waals surface area contributed by atoms with E-state index < -0.39 is 35.3 Å². The number of primary amides is 1. The van der Waals surface area contributed by atoms with Crippen molar-refractivity contribution < 1.29 is 14.7 Å². The molecule has 2 amide bonds. The van der Waals surface area contributed by atoms with Gasteiger partial charge in [0, 0.05) is 16.4 Å². The summed E-state index contributed by atoms with van der Waals surface area (Å²) in [6.07, 6.45) is 1.93. The minimum atomic E-state index is -1.93. The summed E-state index contributed by atoms with van der Waals surface area (Å²) in [4.78, 5) is 25.8. The molecular weight excluding hydrogens is 362 g/mol. The molecule has 4 atom stereocenters. The maximum atomic E-state index is 12.7. The number of nitriles is 1. The first-order valence-corrected chi connectivity index (χ1v) is 9.57. The van der Waals surface area contributed by atoms with Crippen molar-refractivity contribution in [2.75, 3.05) is 6.26 Å². The van der Waals surface area contributed by atoms with E-state index in [9.17, 15) is 20.0 Å². The van der Waals surface area contributed by atoms with Crippen molar-refractivity contribution in [1.82, 2.24) is 5.32 Å². The molecule has 0 unspecified atom stereocenters. The molecule has 2 aromatic rings. The predicted octanol–water partition coefficient (Wildman–Crippen LogP) is 1.71. The number of carbonyl (C=O) groups is 2. The number of rotatable bonds is 4. The molecule has 0 saturated carbocycles. The molecule has 1 saturated heterocycles. The Hall–Kier alpha value is -2.82. The van der Waals surface area contributed by atoms with Gasteiger partial charge in [-0.25, -0.2) is 0 Å². The van der Waals surface area contributed by atoms with E-state index >= 15 is 0 Å². The normalized spacial score (nSPS) is 27.4. The Balaban J connectivity index is 2.16. The Bertz CT molecular complexity index is 895. The van der Waals surface area contributed by atoms with Crippen molar-refractivity contribution in [2.45, 2.75) is 16.5 Å². The second kappa shape index (κ2) is 7.43. The van der Waals surface area contributed by atoms with Gasteiger partial charge in [-0.2, -0.15) is 5.26 Å². The predicted molar refractivity (Wildman–Crippen MR) is 101 cm³/mol. The fraction of sp³-hybridized carbons (Fsp3) is 0.250. The molecule has 0 spiro atoms. The van der Waals surface area contributed by atoms with Crippen LogP contribution in [0.1, 0.15) is 17.0 Å². The van der Waals surface area contributed by atoms with Crippen LogP contribution in [0.25, 0.3) is 0 Å². The lowest BCUT2D eigenvalue weighted by molar-refractivity contribution is -0.153. The highest BCUT2D eigenvalue weighted by Crippen LogP contribution is 2.45. The highest BCUT2D eigenvalue weighted by molar-refractivity contribution is 7.98. The third-order valence-electron chi connectivity index (χ3n) is 4.92. The van der Waals surface area contributed by atoms with Gasteiger partial charge in [-0.15, -0.1) is 11.8 Å². The Morgan fingerprint density at radius 1 is 1.22 bits per heavy atom. The Morgan fingerprint density at radius 2 is 1.85 bits per heavy atom. The van der Waals surface area contributed by atoms with Crippen molar-refractivity contribution >= 4 is 23.6 Å². The molecule has 0 radical (unpaired) electrons. The SMILES string of the molecule is CSc1ccc([C@@H]2[C@H](C(N)=O)C(=O)N[C@](O)(c3ccccc3)[C@H]2C#N)cc1. The summed E-state index contributed by atoms with van der Waals surface area (Å²) >= 11 is 1.55. The van der Waals surface area contributed by atoms with Gasteiger partial charge in [-0.1, -0.05) is 42.5 Å². The molecule has 1 aliphatic rings. The number of thioether (sulfide) groups is 1. The van der Waals surface area contributed by atoms with E-state index in [2.05, 4.69) is 11.4 Å². The van der Waals surface area contributed by atoms with Crippen LogP contribution < -0.4 is 11.1 Å². The Morgan fingerprint density at radius 3 is 2.37 bits per heavy atom. The maximum Gasteiger partial charge on any atom is 0.235 e. The standard InChI is InChI=1S/C20H19N3O3S/c1-27-14-9-7-12(8-10-14)16-15(11-21)20(26,13-5-3-2-4-6-13)23-19(25)17(16)18(22)24/h2-10,15-17,26H,1H3,(H2,22,24)(H,23,25)/t15-,16-,17+,20-/m0/s1. The van der Waals surface area contributed by atoms with Crippen LogP contribution in [0.4, 0.5) is 0 Å². The molecule has 7 heteroatoms. The molecule has 0 aliphatic carbocycles. The van der Waals surface area contributed by atoms with E-state index in [1.807, 2.05) is 18.4 Å². The summed E-state index contributed by atoms with van der Waals surface area (Å²) in [7, 11) is 0. The lowest BCUT2D eigenvalue weighted by atomic mass is 9.67. The lowest BCUT2D eigenvalue weighted by Crippen LogP contribution is -2.62. The summed E-state index contributed by atoms with van der Waals surface area (Å²) in [6, 6.07) is 17.8. The zero-order valence-corrected chi connectivity index (χ0v) is 15.4. The van der Waals surface area contributed by atoms with Crippen LogP contribution in [0.5, 0.6) is 0 Å².